The van der Waals surface area contributed by atoms with Crippen LogP contribution in [-0.4, -0.2) is 35.9 Å². The molecule has 1 saturated heterocycles. The molecule has 1 aliphatic rings. The third-order valence-corrected chi connectivity index (χ3v) is 4.54. The number of hydrogen-bond acceptors (Lipinski definition) is 3. The molecular formula is C13H17F3N2OS. The summed E-state index contributed by atoms with van der Waals surface area (Å²) in [6.45, 7) is 1.20. The summed E-state index contributed by atoms with van der Waals surface area (Å²) in [5.74, 6) is 0.852. The van der Waals surface area contributed by atoms with E-state index in [0.29, 0.717) is 36.7 Å². The van der Waals surface area contributed by atoms with Gasteiger partial charge in [0.2, 0.25) is 0 Å². The van der Waals surface area contributed by atoms with E-state index in [0.717, 1.165) is 0 Å². The van der Waals surface area contributed by atoms with E-state index in [9.17, 15) is 17.4 Å². The maximum absolute atomic E-state index is 13.2. The van der Waals surface area contributed by atoms with Gasteiger partial charge >= 0.3 is 6.18 Å². The van der Waals surface area contributed by atoms with E-state index in [1.54, 1.807) is 18.0 Å². The number of nitrogens with one attached hydrogen (secondary N) is 1. The zero-order chi connectivity index (χ0) is 14.8. The van der Waals surface area contributed by atoms with Crippen molar-refractivity contribution in [2.45, 2.75) is 12.7 Å². The van der Waals surface area contributed by atoms with Crippen LogP contribution in [-0.2, 0) is 23.5 Å². The van der Waals surface area contributed by atoms with E-state index in [2.05, 4.69) is 5.32 Å². The van der Waals surface area contributed by atoms with Crippen molar-refractivity contribution in [2.75, 3.05) is 36.5 Å². The summed E-state index contributed by atoms with van der Waals surface area (Å²) in [5, 5.41) is 2.85. The molecule has 3 nitrogen and oxygen atoms in total. The Morgan fingerprint density at radius 3 is 2.50 bits per heavy atom. The molecule has 1 fully saturated rings. The first-order valence-corrected chi connectivity index (χ1v) is 7.85. The molecule has 0 unspecified atom stereocenters. The molecule has 1 heterocycles. The van der Waals surface area contributed by atoms with Crippen molar-refractivity contribution in [1.29, 1.82) is 0 Å². The minimum atomic E-state index is -4.38. The molecule has 0 aromatic heterocycles. The first-order valence-electron chi connectivity index (χ1n) is 6.36. The predicted octanol–water partition coefficient (Wildman–Crippen LogP) is 1.99. The zero-order valence-corrected chi connectivity index (χ0v) is 12.0. The van der Waals surface area contributed by atoms with Crippen LogP contribution in [0.1, 0.15) is 11.1 Å². The molecule has 7 heteroatoms. The van der Waals surface area contributed by atoms with E-state index < -0.39 is 22.5 Å². The molecule has 0 amide bonds. The van der Waals surface area contributed by atoms with Gasteiger partial charge in [-0.15, -0.1) is 0 Å². The second-order valence-electron chi connectivity index (χ2n) is 4.71. The summed E-state index contributed by atoms with van der Waals surface area (Å²) < 4.78 is 50.9. The van der Waals surface area contributed by atoms with Gasteiger partial charge < -0.3 is 10.2 Å². The lowest BCUT2D eigenvalue weighted by atomic mass is 10.1. The number of halogens is 3. The Labute approximate surface area is 118 Å². The van der Waals surface area contributed by atoms with Crippen LogP contribution in [0.3, 0.4) is 0 Å². The fraction of sp³-hybridized carbons (Fsp3) is 0.538. The first kappa shape index (κ1) is 15.3. The Balaban J connectivity index is 2.34. The van der Waals surface area contributed by atoms with E-state index in [1.807, 2.05) is 0 Å². The van der Waals surface area contributed by atoms with Crippen LogP contribution in [0.25, 0.3) is 0 Å². The smallest absolute Gasteiger partial charge is 0.369 e. The average Bonchev–Trinajstić information content (AvgIpc) is 2.39. The fourth-order valence-corrected chi connectivity index (χ4v) is 3.33. The van der Waals surface area contributed by atoms with Crippen molar-refractivity contribution < 1.29 is 17.4 Å². The van der Waals surface area contributed by atoms with Crippen LogP contribution in [0, 0.1) is 0 Å². The predicted molar refractivity (Wildman–Crippen MR) is 74.3 cm³/mol. The molecule has 1 aromatic rings. The second kappa shape index (κ2) is 6.13. The molecule has 0 bridgehead atoms. The molecule has 1 aromatic carbocycles. The lowest BCUT2D eigenvalue weighted by Crippen LogP contribution is -2.38. The third kappa shape index (κ3) is 3.52. The van der Waals surface area contributed by atoms with Gasteiger partial charge in [0.05, 0.1) is 5.56 Å². The van der Waals surface area contributed by atoms with E-state index in [4.69, 9.17) is 0 Å². The van der Waals surface area contributed by atoms with Gasteiger partial charge in [0.25, 0.3) is 0 Å². The lowest BCUT2D eigenvalue weighted by Gasteiger charge is -2.31. The van der Waals surface area contributed by atoms with Gasteiger partial charge in [-0.1, -0.05) is 6.07 Å². The molecule has 112 valence electrons. The number of benzene rings is 1. The molecule has 0 atom stereocenters. The van der Waals surface area contributed by atoms with Crippen molar-refractivity contribution in [1.82, 2.24) is 5.32 Å². The number of hydrogen-bond donors (Lipinski definition) is 1. The van der Waals surface area contributed by atoms with Gasteiger partial charge in [0.1, 0.15) is 0 Å². The average molecular weight is 306 g/mol. The molecule has 1 N–H and O–H groups in total. The van der Waals surface area contributed by atoms with Gasteiger partial charge in [0.15, 0.2) is 0 Å². The molecule has 0 spiro atoms. The first-order chi connectivity index (χ1) is 9.41. The summed E-state index contributed by atoms with van der Waals surface area (Å²) in [6.07, 6.45) is -4.38. The SMILES string of the molecule is CNCc1ccc(N2CCS(=O)CC2)c(C(F)(F)F)c1. The Bertz CT molecular complexity index is 495. The van der Waals surface area contributed by atoms with Gasteiger partial charge in [-0.3, -0.25) is 4.21 Å². The third-order valence-electron chi connectivity index (χ3n) is 3.27. The molecule has 2 rings (SSSR count). The zero-order valence-electron chi connectivity index (χ0n) is 11.2. The maximum Gasteiger partial charge on any atom is 0.418 e. The largest absolute Gasteiger partial charge is 0.418 e. The lowest BCUT2D eigenvalue weighted by molar-refractivity contribution is -0.137. The summed E-state index contributed by atoms with van der Waals surface area (Å²) in [6, 6.07) is 4.41. The Hall–Kier alpha value is -1.08. The number of nitrogens with zero attached hydrogens (tertiary/aromatic N) is 1. The van der Waals surface area contributed by atoms with Crippen molar-refractivity contribution in [3.8, 4) is 0 Å². The number of rotatable bonds is 3. The van der Waals surface area contributed by atoms with Crippen LogP contribution in [0.5, 0.6) is 0 Å². The highest BCUT2D eigenvalue weighted by molar-refractivity contribution is 7.85. The minimum Gasteiger partial charge on any atom is -0.369 e. The van der Waals surface area contributed by atoms with Gasteiger partial charge in [-0.05, 0) is 24.7 Å². The minimum absolute atomic E-state index is 0.189. The van der Waals surface area contributed by atoms with Gasteiger partial charge in [-0.2, -0.15) is 13.2 Å². The standard InChI is InChI=1S/C13H17F3N2OS/c1-17-9-10-2-3-12(11(8-10)13(14,15)16)18-4-6-20(19)7-5-18/h2-3,8,17H,4-7,9H2,1H3. The van der Waals surface area contributed by atoms with E-state index >= 15 is 0 Å². The summed E-state index contributed by atoms with van der Waals surface area (Å²) in [7, 11) is 0.793. The van der Waals surface area contributed by atoms with E-state index in [1.165, 1.54) is 12.1 Å². The molecular weight excluding hydrogens is 289 g/mol. The van der Waals surface area contributed by atoms with Crippen LogP contribution < -0.4 is 10.2 Å². The quantitative estimate of drug-likeness (QED) is 0.927. The molecule has 0 radical (unpaired) electrons. The van der Waals surface area contributed by atoms with Crippen molar-refractivity contribution in [2.24, 2.45) is 0 Å². The van der Waals surface area contributed by atoms with Crippen LogP contribution >= 0.6 is 0 Å². The van der Waals surface area contributed by atoms with Crippen LogP contribution in [0.2, 0.25) is 0 Å². The van der Waals surface area contributed by atoms with E-state index in [-0.39, 0.29) is 5.69 Å². The van der Waals surface area contributed by atoms with Gasteiger partial charge in [-0.25, -0.2) is 0 Å². The fourth-order valence-electron chi connectivity index (χ4n) is 2.28. The molecule has 1 aliphatic heterocycles. The Morgan fingerprint density at radius 1 is 1.30 bits per heavy atom. The summed E-state index contributed by atoms with van der Waals surface area (Å²) in [4.78, 5) is 1.67. The second-order valence-corrected chi connectivity index (χ2v) is 6.41. The van der Waals surface area contributed by atoms with Crippen molar-refractivity contribution in [3.63, 3.8) is 0 Å². The van der Waals surface area contributed by atoms with Crippen LogP contribution in [0.4, 0.5) is 18.9 Å². The molecule has 0 saturated carbocycles. The molecule has 20 heavy (non-hydrogen) atoms. The van der Waals surface area contributed by atoms with Crippen LogP contribution in [0.15, 0.2) is 18.2 Å². The topological polar surface area (TPSA) is 32.3 Å². The van der Waals surface area contributed by atoms with Crippen molar-refractivity contribution >= 4 is 16.5 Å². The summed E-state index contributed by atoms with van der Waals surface area (Å²) in [5.41, 5.74) is 0.177. The highest BCUT2D eigenvalue weighted by Gasteiger charge is 2.35. The normalized spacial score (nSPS) is 17.5. The van der Waals surface area contributed by atoms with Crippen molar-refractivity contribution in [3.05, 3.63) is 29.3 Å². The number of alkyl halides is 3. The number of anilines is 1. The monoisotopic (exact) mass is 306 g/mol. The maximum atomic E-state index is 13.2. The Morgan fingerprint density at radius 2 is 1.95 bits per heavy atom. The summed E-state index contributed by atoms with van der Waals surface area (Å²) >= 11 is 0. The molecule has 0 aliphatic carbocycles. The highest BCUT2D eigenvalue weighted by atomic mass is 32.2. The van der Waals surface area contributed by atoms with Gasteiger partial charge in [0, 0.05) is 47.6 Å². The Kier molecular flexibility index (Phi) is 4.70. The highest BCUT2D eigenvalue weighted by Crippen LogP contribution is 2.37.